The Morgan fingerprint density at radius 3 is 2.62 bits per heavy atom. The molecular formula is C18H16N2S. The number of rotatable bonds is 1. The molecular weight excluding hydrogens is 276 g/mol. The molecule has 2 nitrogen and oxygen atoms in total. The van der Waals surface area contributed by atoms with E-state index in [1.54, 1.807) is 0 Å². The summed E-state index contributed by atoms with van der Waals surface area (Å²) in [7, 11) is 0. The summed E-state index contributed by atoms with van der Waals surface area (Å²) in [5, 5.41) is 13.0. The van der Waals surface area contributed by atoms with E-state index in [0.717, 1.165) is 23.4 Å². The molecule has 1 aliphatic heterocycles. The Balaban J connectivity index is 2.06. The first-order chi connectivity index (χ1) is 10.3. The van der Waals surface area contributed by atoms with Crippen LogP contribution in [0, 0.1) is 11.3 Å². The normalized spacial score (nSPS) is 19.7. The molecule has 0 spiro atoms. The predicted molar refractivity (Wildman–Crippen MR) is 88.0 cm³/mol. The summed E-state index contributed by atoms with van der Waals surface area (Å²) in [6.07, 6.45) is 0.836. The van der Waals surface area contributed by atoms with Crippen LogP contribution in [0.5, 0.6) is 0 Å². The monoisotopic (exact) mass is 292 g/mol. The van der Waals surface area contributed by atoms with Crippen molar-refractivity contribution in [3.8, 4) is 6.07 Å². The van der Waals surface area contributed by atoms with E-state index in [1.807, 2.05) is 30.8 Å². The van der Waals surface area contributed by atoms with E-state index >= 15 is 0 Å². The fraction of sp³-hybridized carbons (Fsp3) is 0.167. The maximum Gasteiger partial charge on any atom is 0.0962 e. The molecule has 2 aromatic carbocycles. The molecule has 1 atom stereocenters. The maximum absolute atomic E-state index is 9.23. The van der Waals surface area contributed by atoms with Gasteiger partial charge in [0.2, 0.25) is 0 Å². The van der Waals surface area contributed by atoms with Gasteiger partial charge in [0.05, 0.1) is 11.8 Å². The number of hydrogen-bond acceptors (Lipinski definition) is 3. The summed E-state index contributed by atoms with van der Waals surface area (Å²) in [4.78, 5) is 1.23. The van der Waals surface area contributed by atoms with Crippen LogP contribution in [0.2, 0.25) is 0 Å². The van der Waals surface area contributed by atoms with Gasteiger partial charge in [-0.2, -0.15) is 5.26 Å². The molecule has 0 saturated heterocycles. The molecule has 0 radical (unpaired) electrons. The van der Waals surface area contributed by atoms with Crippen molar-refractivity contribution in [2.45, 2.75) is 23.5 Å². The lowest BCUT2D eigenvalue weighted by Crippen LogP contribution is -2.03. The Morgan fingerprint density at radius 1 is 1.14 bits per heavy atom. The molecule has 0 amide bonds. The van der Waals surface area contributed by atoms with Crippen molar-refractivity contribution in [3.05, 3.63) is 71.4 Å². The Hall–Kier alpha value is -2.18. The van der Waals surface area contributed by atoms with E-state index in [4.69, 9.17) is 0 Å². The highest BCUT2D eigenvalue weighted by Crippen LogP contribution is 2.45. The molecule has 21 heavy (non-hydrogen) atoms. The molecule has 3 heteroatoms. The Labute approximate surface area is 129 Å². The fourth-order valence-corrected chi connectivity index (χ4v) is 3.69. The molecule has 1 aliphatic rings. The van der Waals surface area contributed by atoms with Crippen molar-refractivity contribution < 1.29 is 0 Å². The summed E-state index contributed by atoms with van der Waals surface area (Å²) in [6.45, 7) is 1.88. The summed E-state index contributed by atoms with van der Waals surface area (Å²) in [6, 6.07) is 21.0. The zero-order valence-corrected chi connectivity index (χ0v) is 12.7. The lowest BCUT2D eigenvalue weighted by atomic mass is 10.1. The number of hydrogen-bond donors (Lipinski definition) is 1. The van der Waals surface area contributed by atoms with Gasteiger partial charge in [-0.3, -0.25) is 0 Å². The van der Waals surface area contributed by atoms with Gasteiger partial charge < -0.3 is 5.32 Å². The Kier molecular flexibility index (Phi) is 3.98. The van der Waals surface area contributed by atoms with Crippen LogP contribution in [0.15, 0.2) is 70.8 Å². The SMILES string of the molecule is C/C(C#N)=C1/C[C@@H](c2ccccc2)Sc2ccccc2N1. The van der Waals surface area contributed by atoms with Crippen LogP contribution in [0.4, 0.5) is 5.69 Å². The summed E-state index contributed by atoms with van der Waals surface area (Å²) in [5.74, 6) is 0. The zero-order chi connectivity index (χ0) is 14.7. The first-order valence-corrected chi connectivity index (χ1v) is 7.83. The van der Waals surface area contributed by atoms with Gasteiger partial charge in [-0.1, -0.05) is 42.5 Å². The third kappa shape index (κ3) is 2.96. The topological polar surface area (TPSA) is 35.8 Å². The second-order valence-electron chi connectivity index (χ2n) is 5.06. The molecule has 0 aliphatic carbocycles. The maximum atomic E-state index is 9.23. The van der Waals surface area contributed by atoms with Crippen LogP contribution >= 0.6 is 11.8 Å². The van der Waals surface area contributed by atoms with E-state index in [-0.39, 0.29) is 0 Å². The van der Waals surface area contributed by atoms with Gasteiger partial charge in [-0.05, 0) is 24.6 Å². The van der Waals surface area contributed by atoms with Gasteiger partial charge >= 0.3 is 0 Å². The minimum atomic E-state index is 0.320. The molecule has 3 rings (SSSR count). The lowest BCUT2D eigenvalue weighted by Gasteiger charge is -2.15. The molecule has 0 aromatic heterocycles. The Bertz CT molecular complexity index is 713. The summed E-state index contributed by atoms with van der Waals surface area (Å²) >= 11 is 1.86. The lowest BCUT2D eigenvalue weighted by molar-refractivity contribution is 0.917. The van der Waals surface area contributed by atoms with Crippen LogP contribution in [0.1, 0.15) is 24.2 Å². The van der Waals surface area contributed by atoms with Crippen molar-refractivity contribution in [1.29, 1.82) is 5.26 Å². The van der Waals surface area contributed by atoms with Gasteiger partial charge in [0.1, 0.15) is 0 Å². The van der Waals surface area contributed by atoms with Crippen molar-refractivity contribution in [1.82, 2.24) is 0 Å². The van der Waals surface area contributed by atoms with Crippen LogP contribution in [-0.4, -0.2) is 0 Å². The summed E-state index contributed by atoms with van der Waals surface area (Å²) < 4.78 is 0. The highest BCUT2D eigenvalue weighted by molar-refractivity contribution is 7.99. The number of nitrogens with zero attached hydrogens (tertiary/aromatic N) is 1. The molecule has 104 valence electrons. The quantitative estimate of drug-likeness (QED) is 0.740. The van der Waals surface area contributed by atoms with Crippen LogP contribution in [-0.2, 0) is 0 Å². The van der Waals surface area contributed by atoms with E-state index in [0.29, 0.717) is 5.25 Å². The molecule has 0 unspecified atom stereocenters. The summed E-state index contributed by atoms with van der Waals surface area (Å²) in [5.41, 5.74) is 4.16. The first kappa shape index (κ1) is 13.8. The molecule has 1 N–H and O–H groups in total. The molecule has 0 bridgehead atoms. The minimum absolute atomic E-state index is 0.320. The van der Waals surface area contributed by atoms with Gasteiger partial charge in [0.15, 0.2) is 0 Å². The van der Waals surface area contributed by atoms with Crippen molar-refractivity contribution in [2.24, 2.45) is 0 Å². The van der Waals surface area contributed by atoms with Gasteiger partial charge in [-0.25, -0.2) is 0 Å². The number of allylic oxidation sites excluding steroid dienone is 2. The largest absolute Gasteiger partial charge is 0.357 e. The minimum Gasteiger partial charge on any atom is -0.357 e. The van der Waals surface area contributed by atoms with Gasteiger partial charge in [0.25, 0.3) is 0 Å². The number of benzene rings is 2. The first-order valence-electron chi connectivity index (χ1n) is 6.95. The Morgan fingerprint density at radius 2 is 1.86 bits per heavy atom. The number of anilines is 1. The van der Waals surface area contributed by atoms with Crippen LogP contribution in [0.25, 0.3) is 0 Å². The van der Waals surface area contributed by atoms with Crippen LogP contribution in [0.3, 0.4) is 0 Å². The number of thioether (sulfide) groups is 1. The standard InChI is InChI=1S/C18H16N2S/c1-13(12-19)16-11-18(14-7-3-2-4-8-14)21-17-10-6-5-9-15(17)20-16/h2-10,18,20H,11H2,1H3/b16-13+/t18-/m0/s1. The van der Waals surface area contributed by atoms with Gasteiger partial charge in [0, 0.05) is 27.8 Å². The average Bonchev–Trinajstić information content (AvgIpc) is 2.74. The zero-order valence-electron chi connectivity index (χ0n) is 11.8. The second kappa shape index (κ2) is 6.07. The smallest absolute Gasteiger partial charge is 0.0962 e. The number of nitrogens with one attached hydrogen (secondary N) is 1. The number of nitriles is 1. The van der Waals surface area contributed by atoms with Crippen molar-refractivity contribution in [3.63, 3.8) is 0 Å². The molecule has 2 aromatic rings. The average molecular weight is 292 g/mol. The fourth-order valence-electron chi connectivity index (χ4n) is 2.43. The molecule has 0 saturated carbocycles. The van der Waals surface area contributed by atoms with E-state index in [2.05, 4.69) is 53.9 Å². The number of fused-ring (bicyclic) bond motifs is 1. The third-order valence-electron chi connectivity index (χ3n) is 3.62. The molecule has 0 fully saturated rings. The highest BCUT2D eigenvalue weighted by Gasteiger charge is 2.22. The van der Waals surface area contributed by atoms with E-state index < -0.39 is 0 Å². The van der Waals surface area contributed by atoms with Crippen molar-refractivity contribution in [2.75, 3.05) is 5.32 Å². The van der Waals surface area contributed by atoms with E-state index in [1.165, 1.54) is 10.5 Å². The van der Waals surface area contributed by atoms with Crippen molar-refractivity contribution >= 4 is 17.4 Å². The van der Waals surface area contributed by atoms with E-state index in [9.17, 15) is 5.26 Å². The third-order valence-corrected chi connectivity index (χ3v) is 4.96. The number of para-hydroxylation sites is 1. The highest BCUT2D eigenvalue weighted by atomic mass is 32.2. The van der Waals surface area contributed by atoms with Crippen LogP contribution < -0.4 is 5.32 Å². The van der Waals surface area contributed by atoms with Gasteiger partial charge in [-0.15, -0.1) is 11.8 Å². The predicted octanol–water partition coefficient (Wildman–Crippen LogP) is 5.13. The second-order valence-corrected chi connectivity index (χ2v) is 6.30. The molecule has 1 heterocycles.